The molecule has 9 heteroatoms. The van der Waals surface area contributed by atoms with Gasteiger partial charge in [-0.3, -0.25) is 10.2 Å². The van der Waals surface area contributed by atoms with Crippen molar-refractivity contribution in [3.8, 4) is 0 Å². The van der Waals surface area contributed by atoms with Crippen LogP contribution in [0.2, 0.25) is 0 Å². The molecule has 2 aromatic carbocycles. The molecule has 1 atom stereocenters. The number of alkyl halides is 3. The Hall–Kier alpha value is -3.33. The number of carbonyl (C=O) groups excluding carboxylic acids is 1. The molecule has 3 rings (SSSR count). The first-order chi connectivity index (χ1) is 16.6. The molecule has 4 N–H and O–H groups in total. The van der Waals surface area contributed by atoms with Gasteiger partial charge in [-0.05, 0) is 43.4 Å². The summed E-state index contributed by atoms with van der Waals surface area (Å²) in [6.45, 7) is 4.72. The fraction of sp³-hybridized carbons (Fsp3) is 0.385. The Labute approximate surface area is 203 Å². The van der Waals surface area contributed by atoms with Crippen LogP contribution in [-0.4, -0.2) is 47.5 Å². The third-order valence-electron chi connectivity index (χ3n) is 5.90. The van der Waals surface area contributed by atoms with Crippen molar-refractivity contribution in [1.82, 2.24) is 15.5 Å². The Balaban J connectivity index is 1.90. The fourth-order valence-corrected chi connectivity index (χ4v) is 4.01. The van der Waals surface area contributed by atoms with Crippen LogP contribution >= 0.6 is 0 Å². The van der Waals surface area contributed by atoms with Gasteiger partial charge in [0.1, 0.15) is 11.4 Å². The van der Waals surface area contributed by atoms with Gasteiger partial charge in [-0.2, -0.15) is 13.2 Å². The van der Waals surface area contributed by atoms with Gasteiger partial charge in [-0.1, -0.05) is 54.1 Å². The SMILES string of the molecule is Cc1ccc(C(C)NC(=O)/C(C(=N)C(F)(F)F)=C2/NCCN2Cc2cccc(CCCO)c2)cc1. The lowest BCUT2D eigenvalue weighted by atomic mass is 10.0. The van der Waals surface area contributed by atoms with Gasteiger partial charge in [0, 0.05) is 26.2 Å². The number of halogens is 3. The van der Waals surface area contributed by atoms with E-state index in [9.17, 15) is 18.0 Å². The average molecular weight is 489 g/mol. The van der Waals surface area contributed by atoms with Crippen LogP contribution < -0.4 is 10.6 Å². The maximum absolute atomic E-state index is 13.6. The quantitative estimate of drug-likeness (QED) is 0.317. The number of hydrogen-bond acceptors (Lipinski definition) is 5. The van der Waals surface area contributed by atoms with Crippen molar-refractivity contribution in [2.24, 2.45) is 0 Å². The van der Waals surface area contributed by atoms with Crippen LogP contribution in [0.3, 0.4) is 0 Å². The summed E-state index contributed by atoms with van der Waals surface area (Å²) in [6.07, 6.45) is -3.67. The smallest absolute Gasteiger partial charge is 0.396 e. The summed E-state index contributed by atoms with van der Waals surface area (Å²) in [6, 6.07) is 14.4. The molecule has 1 unspecified atom stereocenters. The van der Waals surface area contributed by atoms with E-state index in [0.717, 1.165) is 22.3 Å². The molecule has 0 saturated carbocycles. The maximum Gasteiger partial charge on any atom is 0.433 e. The van der Waals surface area contributed by atoms with Gasteiger partial charge >= 0.3 is 6.18 Å². The molecule has 0 radical (unpaired) electrons. The van der Waals surface area contributed by atoms with Crippen LogP contribution in [-0.2, 0) is 17.8 Å². The van der Waals surface area contributed by atoms with Gasteiger partial charge in [-0.25, -0.2) is 0 Å². The van der Waals surface area contributed by atoms with E-state index >= 15 is 0 Å². The zero-order chi connectivity index (χ0) is 25.6. The minimum atomic E-state index is -4.98. The van der Waals surface area contributed by atoms with Gasteiger partial charge in [0.15, 0.2) is 5.71 Å². The molecule has 1 amide bonds. The van der Waals surface area contributed by atoms with E-state index in [1.54, 1.807) is 11.8 Å². The van der Waals surface area contributed by atoms with E-state index in [4.69, 9.17) is 10.5 Å². The number of aliphatic hydroxyl groups excluding tert-OH is 1. The molecule has 1 fully saturated rings. The Morgan fingerprint density at radius 2 is 1.89 bits per heavy atom. The highest BCUT2D eigenvalue weighted by Crippen LogP contribution is 2.27. The molecule has 0 bridgehead atoms. The van der Waals surface area contributed by atoms with Gasteiger partial charge < -0.3 is 20.6 Å². The Morgan fingerprint density at radius 3 is 2.54 bits per heavy atom. The first-order valence-corrected chi connectivity index (χ1v) is 11.6. The molecule has 6 nitrogen and oxygen atoms in total. The number of aliphatic hydroxyl groups is 1. The summed E-state index contributed by atoms with van der Waals surface area (Å²) in [5.41, 5.74) is 1.26. The van der Waals surface area contributed by atoms with Gasteiger partial charge in [0.2, 0.25) is 0 Å². The topological polar surface area (TPSA) is 88.5 Å². The van der Waals surface area contributed by atoms with Crippen LogP contribution in [0, 0.1) is 12.3 Å². The van der Waals surface area contributed by atoms with Crippen molar-refractivity contribution in [2.75, 3.05) is 19.7 Å². The minimum Gasteiger partial charge on any atom is -0.396 e. The van der Waals surface area contributed by atoms with E-state index in [-0.39, 0.29) is 19.0 Å². The first-order valence-electron chi connectivity index (χ1n) is 11.6. The number of aryl methyl sites for hydroxylation is 2. The monoisotopic (exact) mass is 488 g/mol. The number of amides is 1. The van der Waals surface area contributed by atoms with Crippen molar-refractivity contribution >= 4 is 11.6 Å². The van der Waals surface area contributed by atoms with Gasteiger partial charge in [0.05, 0.1) is 6.04 Å². The zero-order valence-electron chi connectivity index (χ0n) is 19.9. The summed E-state index contributed by atoms with van der Waals surface area (Å²) >= 11 is 0. The van der Waals surface area contributed by atoms with Crippen molar-refractivity contribution in [3.05, 3.63) is 82.2 Å². The normalized spacial score (nSPS) is 16.0. The Kier molecular flexibility index (Phi) is 8.56. The van der Waals surface area contributed by atoms with Crippen molar-refractivity contribution < 1.29 is 23.1 Å². The predicted octanol–water partition coefficient (Wildman–Crippen LogP) is 4.00. The average Bonchev–Trinajstić information content (AvgIpc) is 3.25. The second-order valence-corrected chi connectivity index (χ2v) is 8.70. The highest BCUT2D eigenvalue weighted by Gasteiger charge is 2.42. The van der Waals surface area contributed by atoms with Gasteiger partial charge in [0.25, 0.3) is 5.91 Å². The number of nitrogens with zero attached hydrogens (tertiary/aromatic N) is 1. The van der Waals surface area contributed by atoms with E-state index in [1.165, 1.54) is 0 Å². The molecule has 1 aliphatic rings. The van der Waals surface area contributed by atoms with Crippen LogP contribution in [0.25, 0.3) is 0 Å². The van der Waals surface area contributed by atoms with E-state index in [2.05, 4.69) is 10.6 Å². The summed E-state index contributed by atoms with van der Waals surface area (Å²) in [5.74, 6) is -0.951. The second-order valence-electron chi connectivity index (χ2n) is 8.70. The summed E-state index contributed by atoms with van der Waals surface area (Å²) in [4.78, 5) is 14.8. The largest absolute Gasteiger partial charge is 0.433 e. The van der Waals surface area contributed by atoms with E-state index in [1.807, 2.05) is 55.5 Å². The second kappa shape index (κ2) is 11.4. The number of nitrogens with one attached hydrogen (secondary N) is 3. The lowest BCUT2D eigenvalue weighted by Gasteiger charge is -2.24. The van der Waals surface area contributed by atoms with Crippen molar-refractivity contribution in [2.45, 2.75) is 45.5 Å². The van der Waals surface area contributed by atoms with E-state index in [0.29, 0.717) is 25.9 Å². The highest BCUT2D eigenvalue weighted by atomic mass is 19.4. The van der Waals surface area contributed by atoms with E-state index < -0.39 is 29.4 Å². The number of benzene rings is 2. The molecule has 188 valence electrons. The van der Waals surface area contributed by atoms with Crippen LogP contribution in [0.4, 0.5) is 13.2 Å². The summed E-state index contributed by atoms with van der Waals surface area (Å²) < 4.78 is 40.9. The van der Waals surface area contributed by atoms with Crippen LogP contribution in [0.5, 0.6) is 0 Å². The number of hydrogen-bond donors (Lipinski definition) is 4. The third kappa shape index (κ3) is 6.85. The zero-order valence-corrected chi connectivity index (χ0v) is 19.9. The molecular formula is C26H31F3N4O2. The summed E-state index contributed by atoms with van der Waals surface area (Å²) in [5, 5.41) is 22.4. The maximum atomic E-state index is 13.6. The molecule has 0 aliphatic carbocycles. The molecular weight excluding hydrogens is 457 g/mol. The van der Waals surface area contributed by atoms with Crippen molar-refractivity contribution in [1.29, 1.82) is 5.41 Å². The lowest BCUT2D eigenvalue weighted by molar-refractivity contribution is -0.118. The fourth-order valence-electron chi connectivity index (χ4n) is 4.01. The molecule has 35 heavy (non-hydrogen) atoms. The standard InChI is InChI=1S/C26H31F3N4O2/c1-17-8-10-21(11-9-17)18(2)32-25(35)22(23(30)26(27,28)29)24-31-12-13-33(24)16-20-6-3-5-19(15-20)7-4-14-34/h3,5-6,8-11,15,18,30-31,34H,4,7,12-14,16H2,1-2H3,(H,32,35)/b24-22-,30-23?. The van der Waals surface area contributed by atoms with Crippen LogP contribution in [0.1, 0.15) is 41.6 Å². The number of carbonyl (C=O) groups is 1. The minimum absolute atomic E-state index is 0.00157. The molecule has 1 heterocycles. The molecule has 0 aromatic heterocycles. The molecule has 1 aliphatic heterocycles. The molecule has 0 spiro atoms. The summed E-state index contributed by atoms with van der Waals surface area (Å²) in [7, 11) is 0. The predicted molar refractivity (Wildman–Crippen MR) is 129 cm³/mol. The third-order valence-corrected chi connectivity index (χ3v) is 5.90. The number of rotatable bonds is 9. The first kappa shape index (κ1) is 26.3. The lowest BCUT2D eigenvalue weighted by Crippen LogP contribution is -2.39. The molecule has 2 aromatic rings. The van der Waals surface area contributed by atoms with Crippen molar-refractivity contribution in [3.63, 3.8) is 0 Å². The van der Waals surface area contributed by atoms with Gasteiger partial charge in [-0.15, -0.1) is 0 Å². The van der Waals surface area contributed by atoms with Crippen LogP contribution in [0.15, 0.2) is 59.9 Å². The Bertz CT molecular complexity index is 1080. The Morgan fingerprint density at radius 1 is 1.20 bits per heavy atom. The highest BCUT2D eigenvalue weighted by molar-refractivity contribution is 6.23. The molecule has 1 saturated heterocycles.